The molecule has 3 N–H and O–H groups in total. The van der Waals surface area contributed by atoms with Crippen LogP contribution in [0, 0.1) is 18.8 Å². The first-order valence-corrected chi connectivity index (χ1v) is 7.28. The summed E-state index contributed by atoms with van der Waals surface area (Å²) in [7, 11) is -3.76. The Kier molecular flexibility index (Phi) is 3.16. The van der Waals surface area contributed by atoms with E-state index in [2.05, 4.69) is 5.32 Å². The standard InChI is InChI=1S/C12H16N2O3S/c1-7-3-4-9(6-11(7)18(13,16)17)14-12(15)10-5-8(10)2/h3-4,6,8,10H,5H2,1-2H3,(H,14,15)(H2,13,16,17). The summed E-state index contributed by atoms with van der Waals surface area (Å²) in [5.74, 6) is 0.393. The third-order valence-electron chi connectivity index (χ3n) is 3.21. The molecule has 98 valence electrons. The van der Waals surface area contributed by atoms with Crippen molar-refractivity contribution >= 4 is 21.6 Å². The SMILES string of the molecule is Cc1ccc(NC(=O)C2CC2C)cc1S(N)(=O)=O. The third-order valence-corrected chi connectivity index (χ3v) is 4.26. The van der Waals surface area contributed by atoms with Gasteiger partial charge in [0.05, 0.1) is 4.90 Å². The summed E-state index contributed by atoms with van der Waals surface area (Å²) in [6, 6.07) is 4.70. The smallest absolute Gasteiger partial charge is 0.238 e. The molecule has 0 aromatic heterocycles. The second-order valence-electron chi connectivity index (χ2n) is 4.83. The number of benzene rings is 1. The molecular weight excluding hydrogens is 252 g/mol. The molecule has 1 fully saturated rings. The van der Waals surface area contributed by atoms with Gasteiger partial charge in [-0.15, -0.1) is 0 Å². The highest BCUT2D eigenvalue weighted by Gasteiger charge is 2.39. The van der Waals surface area contributed by atoms with E-state index >= 15 is 0 Å². The van der Waals surface area contributed by atoms with Crippen LogP contribution < -0.4 is 10.5 Å². The zero-order chi connectivity index (χ0) is 13.5. The summed E-state index contributed by atoms with van der Waals surface area (Å²) >= 11 is 0. The van der Waals surface area contributed by atoms with Crippen LogP contribution in [0.4, 0.5) is 5.69 Å². The van der Waals surface area contributed by atoms with Crippen molar-refractivity contribution in [3.05, 3.63) is 23.8 Å². The van der Waals surface area contributed by atoms with Crippen molar-refractivity contribution in [2.75, 3.05) is 5.32 Å². The summed E-state index contributed by atoms with van der Waals surface area (Å²) in [4.78, 5) is 11.8. The van der Waals surface area contributed by atoms with E-state index in [0.717, 1.165) is 6.42 Å². The average molecular weight is 268 g/mol. The number of anilines is 1. The molecule has 0 aliphatic heterocycles. The number of sulfonamides is 1. The van der Waals surface area contributed by atoms with Crippen molar-refractivity contribution in [3.8, 4) is 0 Å². The van der Waals surface area contributed by atoms with Gasteiger partial charge in [-0.2, -0.15) is 0 Å². The van der Waals surface area contributed by atoms with Gasteiger partial charge in [0.15, 0.2) is 0 Å². The fraction of sp³-hybridized carbons (Fsp3) is 0.417. The molecule has 0 bridgehead atoms. The van der Waals surface area contributed by atoms with Crippen molar-refractivity contribution in [2.45, 2.75) is 25.2 Å². The number of rotatable bonds is 3. The number of amides is 1. The van der Waals surface area contributed by atoms with Crippen LogP contribution in [0.5, 0.6) is 0 Å². The minimum atomic E-state index is -3.76. The summed E-state index contributed by atoms with van der Waals surface area (Å²) < 4.78 is 22.7. The highest BCUT2D eigenvalue weighted by Crippen LogP contribution is 2.38. The molecule has 0 heterocycles. The Bertz CT molecular complexity index is 595. The number of carbonyl (C=O) groups excluding carboxylic acids is 1. The fourth-order valence-corrected chi connectivity index (χ4v) is 2.71. The van der Waals surface area contributed by atoms with Crippen molar-refractivity contribution in [2.24, 2.45) is 17.0 Å². The molecule has 1 aromatic carbocycles. The monoisotopic (exact) mass is 268 g/mol. The van der Waals surface area contributed by atoms with Gasteiger partial charge in [0.2, 0.25) is 15.9 Å². The quantitative estimate of drug-likeness (QED) is 0.864. The zero-order valence-corrected chi connectivity index (χ0v) is 11.1. The van der Waals surface area contributed by atoms with Gasteiger partial charge in [0, 0.05) is 11.6 Å². The van der Waals surface area contributed by atoms with Crippen LogP contribution in [0.2, 0.25) is 0 Å². The maximum atomic E-state index is 11.7. The highest BCUT2D eigenvalue weighted by atomic mass is 32.2. The normalized spacial score (nSPS) is 22.6. The Hall–Kier alpha value is -1.40. The largest absolute Gasteiger partial charge is 0.326 e. The van der Waals surface area contributed by atoms with E-state index in [9.17, 15) is 13.2 Å². The van der Waals surface area contributed by atoms with Crippen molar-refractivity contribution in [3.63, 3.8) is 0 Å². The van der Waals surface area contributed by atoms with E-state index in [0.29, 0.717) is 17.2 Å². The summed E-state index contributed by atoms with van der Waals surface area (Å²) in [6.45, 7) is 3.67. The Morgan fingerprint density at radius 3 is 2.56 bits per heavy atom. The minimum Gasteiger partial charge on any atom is -0.326 e. The van der Waals surface area contributed by atoms with Gasteiger partial charge in [0.1, 0.15) is 0 Å². The van der Waals surface area contributed by atoms with Gasteiger partial charge in [0.25, 0.3) is 0 Å². The first-order valence-electron chi connectivity index (χ1n) is 5.73. The number of hydrogen-bond acceptors (Lipinski definition) is 3. The topological polar surface area (TPSA) is 89.3 Å². The first-order chi connectivity index (χ1) is 8.29. The third kappa shape index (κ3) is 2.70. The van der Waals surface area contributed by atoms with E-state index in [1.165, 1.54) is 6.07 Å². The molecule has 1 amide bonds. The van der Waals surface area contributed by atoms with Crippen LogP contribution in [0.1, 0.15) is 18.9 Å². The average Bonchev–Trinajstić information content (AvgIpc) is 2.97. The van der Waals surface area contributed by atoms with E-state index in [1.807, 2.05) is 6.92 Å². The number of hydrogen-bond donors (Lipinski definition) is 2. The predicted octanol–water partition coefficient (Wildman–Crippen LogP) is 1.24. The first kappa shape index (κ1) is 13.0. The Labute approximate surface area is 106 Å². The van der Waals surface area contributed by atoms with Gasteiger partial charge < -0.3 is 5.32 Å². The number of carbonyl (C=O) groups is 1. The molecular formula is C12H16N2O3S. The number of aryl methyl sites for hydroxylation is 1. The molecule has 18 heavy (non-hydrogen) atoms. The lowest BCUT2D eigenvalue weighted by atomic mass is 10.2. The van der Waals surface area contributed by atoms with Crippen LogP contribution in [-0.4, -0.2) is 14.3 Å². The van der Waals surface area contributed by atoms with Crippen LogP contribution in [0.3, 0.4) is 0 Å². The maximum Gasteiger partial charge on any atom is 0.238 e. The molecule has 0 radical (unpaired) electrons. The zero-order valence-electron chi connectivity index (χ0n) is 10.3. The molecule has 1 saturated carbocycles. The van der Waals surface area contributed by atoms with Gasteiger partial charge >= 0.3 is 0 Å². The van der Waals surface area contributed by atoms with Crippen LogP contribution in [0.15, 0.2) is 23.1 Å². The van der Waals surface area contributed by atoms with Crippen LogP contribution in [0.25, 0.3) is 0 Å². The highest BCUT2D eigenvalue weighted by molar-refractivity contribution is 7.89. The fourth-order valence-electron chi connectivity index (χ4n) is 1.91. The minimum absolute atomic E-state index is 0.0455. The molecule has 2 rings (SSSR count). The van der Waals surface area contributed by atoms with Gasteiger partial charge in [-0.05, 0) is 37.0 Å². The maximum absolute atomic E-state index is 11.7. The van der Waals surface area contributed by atoms with Gasteiger partial charge in [-0.1, -0.05) is 13.0 Å². The Morgan fingerprint density at radius 2 is 2.06 bits per heavy atom. The van der Waals surface area contributed by atoms with Gasteiger partial charge in [-0.25, -0.2) is 13.6 Å². The van der Waals surface area contributed by atoms with Crippen molar-refractivity contribution in [1.29, 1.82) is 0 Å². The Morgan fingerprint density at radius 1 is 1.44 bits per heavy atom. The van der Waals surface area contributed by atoms with E-state index in [1.54, 1.807) is 19.1 Å². The van der Waals surface area contributed by atoms with E-state index in [-0.39, 0.29) is 16.7 Å². The van der Waals surface area contributed by atoms with E-state index in [4.69, 9.17) is 5.14 Å². The van der Waals surface area contributed by atoms with Crippen molar-refractivity contribution < 1.29 is 13.2 Å². The second-order valence-corrected chi connectivity index (χ2v) is 6.36. The number of primary sulfonamides is 1. The lowest BCUT2D eigenvalue weighted by molar-refractivity contribution is -0.117. The number of nitrogens with two attached hydrogens (primary N) is 1. The van der Waals surface area contributed by atoms with Crippen LogP contribution >= 0.6 is 0 Å². The molecule has 2 unspecified atom stereocenters. The second kappa shape index (κ2) is 4.37. The van der Waals surface area contributed by atoms with E-state index < -0.39 is 10.0 Å². The number of nitrogens with one attached hydrogen (secondary N) is 1. The molecule has 0 spiro atoms. The summed E-state index contributed by atoms with van der Waals surface area (Å²) in [5, 5.41) is 7.83. The predicted molar refractivity (Wildman–Crippen MR) is 68.5 cm³/mol. The molecule has 1 aliphatic carbocycles. The molecule has 1 aliphatic rings. The molecule has 6 heteroatoms. The lowest BCUT2D eigenvalue weighted by Gasteiger charge is -2.08. The Balaban J connectivity index is 2.22. The molecule has 0 saturated heterocycles. The van der Waals surface area contributed by atoms with Crippen molar-refractivity contribution in [1.82, 2.24) is 0 Å². The summed E-state index contributed by atoms with van der Waals surface area (Å²) in [5.41, 5.74) is 1.03. The van der Waals surface area contributed by atoms with Crippen LogP contribution in [-0.2, 0) is 14.8 Å². The lowest BCUT2D eigenvalue weighted by Crippen LogP contribution is -2.17. The summed E-state index contributed by atoms with van der Waals surface area (Å²) in [6.07, 6.45) is 0.889. The molecule has 1 aromatic rings. The molecule has 5 nitrogen and oxygen atoms in total. The molecule has 2 atom stereocenters. The van der Waals surface area contributed by atoms with Gasteiger partial charge in [-0.3, -0.25) is 4.79 Å².